The predicted octanol–water partition coefficient (Wildman–Crippen LogP) is 12.6. The number of carbonyl (C=O) groups is 2. The Kier molecular flexibility index (Phi) is 17.4. The van der Waals surface area contributed by atoms with Crippen molar-refractivity contribution in [2.24, 2.45) is 0 Å². The number of para-hydroxylation sites is 4. The minimum atomic E-state index is -4.55. The molecule has 1 aliphatic carbocycles. The number of ether oxygens (including phenoxy) is 2. The van der Waals surface area contributed by atoms with Crippen molar-refractivity contribution in [3.63, 3.8) is 0 Å². The lowest BCUT2D eigenvalue weighted by molar-refractivity contribution is -0.385. The van der Waals surface area contributed by atoms with E-state index in [-0.39, 0.29) is 69.7 Å². The molecule has 4 amide bonds. The minimum Gasteiger partial charge on any atom is -0.493 e. The quantitative estimate of drug-likeness (QED) is 0.0353. The van der Waals surface area contributed by atoms with E-state index >= 15 is 0 Å². The molecule has 82 heavy (non-hydrogen) atoms. The van der Waals surface area contributed by atoms with Crippen LogP contribution in [0.5, 0.6) is 23.0 Å². The van der Waals surface area contributed by atoms with Gasteiger partial charge in [-0.05, 0) is 108 Å². The number of nitrogens with zero attached hydrogens (tertiary/aromatic N) is 2. The van der Waals surface area contributed by atoms with Gasteiger partial charge in [0.25, 0.3) is 11.4 Å². The Morgan fingerprint density at radius 1 is 0.402 bits per heavy atom. The SMILES string of the molecule is CCCOc1c2cccc1Cc1cccc(c1OS(=O)(=O)c1ccc(NC(=O)Nc3ccc([N+](=O)[O-])cc3)cc1)Cc1cccc(c1OCCC)Cc1cccc(c1OS(=O)(=O)c1ccc(NC(=O)Nc3ccc([N+](=O)[O-])cc3)cc1)C2. The average Bonchev–Trinajstić information content (AvgIpc) is 3.66. The Labute approximate surface area is 472 Å². The number of fused-ring (bicyclic) bond motifs is 8. The molecule has 0 aliphatic heterocycles. The maximum Gasteiger partial charge on any atom is 0.339 e. The van der Waals surface area contributed by atoms with Crippen LogP contribution in [0.4, 0.5) is 43.7 Å². The fourth-order valence-corrected chi connectivity index (χ4v) is 11.1. The number of benzene rings is 8. The second kappa shape index (κ2) is 25.1. The third kappa shape index (κ3) is 13.8. The number of amides is 4. The van der Waals surface area contributed by atoms with E-state index in [1.807, 2.05) is 62.4 Å². The summed E-state index contributed by atoms with van der Waals surface area (Å²) in [5.74, 6) is 1.21. The molecular weight excluding hydrogens is 1090 g/mol. The number of carbonyl (C=O) groups excluding carboxylic acids is 2. The summed E-state index contributed by atoms with van der Waals surface area (Å²) in [5.41, 5.74) is 5.66. The number of urea groups is 2. The van der Waals surface area contributed by atoms with E-state index < -0.39 is 42.1 Å². The molecule has 0 saturated heterocycles. The number of non-ortho nitro benzene ring substituents is 2. The highest BCUT2D eigenvalue weighted by Crippen LogP contribution is 2.41. The molecule has 0 heterocycles. The third-order valence-electron chi connectivity index (χ3n) is 13.0. The zero-order valence-corrected chi connectivity index (χ0v) is 45.9. The summed E-state index contributed by atoms with van der Waals surface area (Å²) in [7, 11) is -9.11. The van der Waals surface area contributed by atoms with Gasteiger partial charge in [0.1, 0.15) is 32.8 Å². The first-order valence-electron chi connectivity index (χ1n) is 25.9. The van der Waals surface area contributed by atoms with Crippen molar-refractivity contribution in [3.8, 4) is 23.0 Å². The molecular formula is C60H54N6O14S2. The van der Waals surface area contributed by atoms with Crippen molar-refractivity contribution in [1.29, 1.82) is 0 Å². The molecule has 4 N–H and O–H groups in total. The summed E-state index contributed by atoms with van der Waals surface area (Å²) in [6.45, 7) is 4.57. The van der Waals surface area contributed by atoms with Crippen molar-refractivity contribution in [1.82, 2.24) is 0 Å². The molecule has 0 unspecified atom stereocenters. The van der Waals surface area contributed by atoms with Crippen molar-refractivity contribution in [2.75, 3.05) is 34.5 Å². The molecule has 0 atom stereocenters. The van der Waals surface area contributed by atoms with E-state index in [0.29, 0.717) is 93.4 Å². The van der Waals surface area contributed by atoms with Gasteiger partial charge in [0.05, 0.1) is 23.1 Å². The van der Waals surface area contributed by atoms with E-state index in [2.05, 4.69) is 21.3 Å². The molecule has 0 spiro atoms. The summed E-state index contributed by atoms with van der Waals surface area (Å²) in [6.07, 6.45) is 1.85. The van der Waals surface area contributed by atoms with E-state index in [9.17, 15) is 46.7 Å². The number of nitrogens with one attached hydrogen (secondary N) is 4. The Morgan fingerprint density at radius 3 is 0.890 bits per heavy atom. The molecule has 22 heteroatoms. The fourth-order valence-electron chi connectivity index (χ4n) is 9.12. The molecule has 0 fully saturated rings. The number of nitro benzene ring substituents is 2. The molecule has 0 radical (unpaired) electrons. The van der Waals surface area contributed by atoms with Crippen LogP contribution in [0.2, 0.25) is 0 Å². The Morgan fingerprint density at radius 2 is 0.646 bits per heavy atom. The van der Waals surface area contributed by atoms with Crippen LogP contribution in [0.1, 0.15) is 71.2 Å². The van der Waals surface area contributed by atoms with Gasteiger partial charge in [-0.2, -0.15) is 16.8 Å². The van der Waals surface area contributed by atoms with E-state index in [1.165, 1.54) is 97.1 Å². The monoisotopic (exact) mass is 1150 g/mol. The molecule has 8 aromatic carbocycles. The number of nitro groups is 2. The van der Waals surface area contributed by atoms with Crippen LogP contribution in [0.25, 0.3) is 0 Å². The lowest BCUT2D eigenvalue weighted by atomic mass is 9.91. The Bertz CT molecular complexity index is 3580. The van der Waals surface area contributed by atoms with Gasteiger partial charge in [0, 0.05) is 95.0 Å². The molecule has 420 valence electrons. The van der Waals surface area contributed by atoms with Gasteiger partial charge in [-0.1, -0.05) is 86.6 Å². The largest absolute Gasteiger partial charge is 0.493 e. The van der Waals surface area contributed by atoms with E-state index in [1.54, 1.807) is 24.3 Å². The van der Waals surface area contributed by atoms with Gasteiger partial charge >= 0.3 is 32.3 Å². The van der Waals surface area contributed by atoms with Gasteiger partial charge in [0.15, 0.2) is 0 Å². The first-order chi connectivity index (χ1) is 39.5. The van der Waals surface area contributed by atoms with Crippen LogP contribution < -0.4 is 39.1 Å². The molecule has 20 nitrogen and oxygen atoms in total. The van der Waals surface area contributed by atoms with Gasteiger partial charge < -0.3 is 39.1 Å². The van der Waals surface area contributed by atoms with Crippen molar-refractivity contribution in [2.45, 2.75) is 62.2 Å². The fraction of sp³-hybridized carbons (Fsp3) is 0.167. The summed E-state index contributed by atoms with van der Waals surface area (Å²) >= 11 is 0. The standard InChI is InChI=1S/C60H54N6O14S2/c1-3-33-77-55-39-9-5-10-40(55)36-44-14-8-16-46(58(44)80-82(75,76)54-31-23-50(24-32-54)64-60(68)62-48-19-27-52(28-20-48)66(71)72)38-42-12-6-11-41(56(42)78-34-4-2)37-45-15-7-13-43(35-39)57(45)79-81(73,74)53-29-21-49(22-30-53)63-59(67)61-47-17-25-51(26-18-47)65(69)70/h5-32H,3-4,33-38H2,1-2H3,(H2,61,63,67)(H2,62,64,68). The van der Waals surface area contributed by atoms with Crippen LogP contribution in [-0.4, -0.2) is 52.0 Å². The van der Waals surface area contributed by atoms with Crippen molar-refractivity contribution in [3.05, 3.63) is 235 Å². The topological polar surface area (TPSA) is 274 Å². The number of anilines is 4. The van der Waals surface area contributed by atoms with Crippen molar-refractivity contribution < 1.29 is 54.1 Å². The first kappa shape index (κ1) is 56.9. The highest BCUT2D eigenvalue weighted by atomic mass is 32.2. The lowest BCUT2D eigenvalue weighted by Gasteiger charge is -2.22. The number of rotatable bonds is 18. The highest BCUT2D eigenvalue weighted by molar-refractivity contribution is 7.87. The Hall–Kier alpha value is -9.80. The zero-order chi connectivity index (χ0) is 58.0. The molecule has 1 aliphatic rings. The van der Waals surface area contributed by atoms with E-state index in [0.717, 1.165) is 0 Å². The normalized spacial score (nSPS) is 12.0. The van der Waals surface area contributed by atoms with Crippen LogP contribution in [0.3, 0.4) is 0 Å². The van der Waals surface area contributed by atoms with E-state index in [4.69, 9.17) is 17.8 Å². The molecule has 9 rings (SSSR count). The summed E-state index contributed by atoms with van der Waals surface area (Å²) in [4.78, 5) is 46.3. The highest BCUT2D eigenvalue weighted by Gasteiger charge is 2.27. The first-order valence-corrected chi connectivity index (χ1v) is 28.7. The zero-order valence-electron chi connectivity index (χ0n) is 44.2. The third-order valence-corrected chi connectivity index (χ3v) is 15.5. The second-order valence-corrected chi connectivity index (χ2v) is 22.0. The van der Waals surface area contributed by atoms with Crippen LogP contribution in [0, 0.1) is 20.2 Å². The molecule has 0 aromatic heterocycles. The Balaban J connectivity index is 1.04. The summed E-state index contributed by atoms with van der Waals surface area (Å²) < 4.78 is 83.4. The van der Waals surface area contributed by atoms with Crippen molar-refractivity contribution >= 4 is 66.4 Å². The number of hydrogen-bond donors (Lipinski definition) is 4. The second-order valence-electron chi connectivity index (χ2n) is 18.9. The summed E-state index contributed by atoms with van der Waals surface area (Å²) in [5, 5.41) is 32.6. The molecule has 8 aromatic rings. The lowest BCUT2D eigenvalue weighted by Crippen LogP contribution is -2.19. The predicted molar refractivity (Wildman–Crippen MR) is 309 cm³/mol. The maximum atomic E-state index is 14.5. The smallest absolute Gasteiger partial charge is 0.339 e. The maximum absolute atomic E-state index is 14.5. The summed E-state index contributed by atoms with van der Waals surface area (Å²) in [6, 6.07) is 42.1. The molecule has 8 bridgehead atoms. The van der Waals surface area contributed by atoms with Crippen LogP contribution in [-0.2, 0) is 45.9 Å². The van der Waals surface area contributed by atoms with Gasteiger partial charge in [-0.25, -0.2) is 9.59 Å². The van der Waals surface area contributed by atoms with Gasteiger partial charge in [-0.15, -0.1) is 0 Å². The van der Waals surface area contributed by atoms with Gasteiger partial charge in [0.2, 0.25) is 0 Å². The van der Waals surface area contributed by atoms with Crippen LogP contribution in [0.15, 0.2) is 180 Å². The van der Waals surface area contributed by atoms with Crippen LogP contribution >= 0.6 is 0 Å². The average molecular weight is 1150 g/mol. The van der Waals surface area contributed by atoms with Gasteiger partial charge in [-0.3, -0.25) is 20.2 Å². The number of hydrogen-bond acceptors (Lipinski definition) is 14. The molecule has 0 saturated carbocycles. The minimum absolute atomic E-state index is 0.0957.